The second-order valence-electron chi connectivity index (χ2n) is 5.64. The smallest absolute Gasteiger partial charge is 0.329 e. The van der Waals surface area contributed by atoms with Gasteiger partial charge in [-0.25, -0.2) is 4.79 Å². The molecule has 6 nitrogen and oxygen atoms in total. The molecule has 0 saturated carbocycles. The van der Waals surface area contributed by atoms with Crippen molar-refractivity contribution >= 4 is 17.8 Å². The van der Waals surface area contributed by atoms with Crippen molar-refractivity contribution in [1.29, 1.82) is 0 Å². The van der Waals surface area contributed by atoms with Crippen LogP contribution in [0, 0.1) is 0 Å². The Hall–Kier alpha value is -2.37. The van der Waals surface area contributed by atoms with Crippen molar-refractivity contribution in [3.8, 4) is 0 Å². The van der Waals surface area contributed by atoms with Crippen molar-refractivity contribution in [2.24, 2.45) is 0 Å². The van der Waals surface area contributed by atoms with Crippen molar-refractivity contribution < 1.29 is 19.1 Å². The lowest BCUT2D eigenvalue weighted by Crippen LogP contribution is -2.52. The van der Waals surface area contributed by atoms with E-state index in [2.05, 4.69) is 0 Å². The maximum Gasteiger partial charge on any atom is 0.329 e. The van der Waals surface area contributed by atoms with E-state index in [9.17, 15) is 14.4 Å². The first-order valence-electron chi connectivity index (χ1n) is 7.68. The number of hydrogen-bond donors (Lipinski definition) is 0. The van der Waals surface area contributed by atoms with Crippen LogP contribution in [0.25, 0.3) is 0 Å². The molecule has 1 heterocycles. The summed E-state index contributed by atoms with van der Waals surface area (Å²) in [6.45, 7) is 3.72. The zero-order chi connectivity index (χ0) is 17.0. The number of rotatable bonds is 4. The highest BCUT2D eigenvalue weighted by atomic mass is 16.5. The van der Waals surface area contributed by atoms with E-state index < -0.39 is 12.0 Å². The summed E-state index contributed by atoms with van der Waals surface area (Å²) in [5.74, 6) is -0.848. The molecule has 1 aromatic carbocycles. The molecule has 0 aliphatic carbocycles. The SMILES string of the molecule is CCOC(=O)C1Cc2ccccc2CN1C(=O)CN(C)C(C)=O. The van der Waals surface area contributed by atoms with Gasteiger partial charge in [-0.3, -0.25) is 9.59 Å². The minimum absolute atomic E-state index is 0.0482. The fraction of sp³-hybridized carbons (Fsp3) is 0.471. The van der Waals surface area contributed by atoms with Gasteiger partial charge in [-0.2, -0.15) is 0 Å². The largest absolute Gasteiger partial charge is 0.464 e. The third-order valence-electron chi connectivity index (χ3n) is 4.04. The van der Waals surface area contributed by atoms with Crippen LogP contribution in [0.3, 0.4) is 0 Å². The van der Waals surface area contributed by atoms with Crippen LogP contribution in [0.1, 0.15) is 25.0 Å². The number of nitrogens with zero attached hydrogens (tertiary/aromatic N) is 2. The highest BCUT2D eigenvalue weighted by Crippen LogP contribution is 2.24. The molecule has 0 spiro atoms. The molecule has 1 aliphatic heterocycles. The minimum atomic E-state index is -0.641. The second-order valence-corrected chi connectivity index (χ2v) is 5.64. The predicted octanol–water partition coefficient (Wildman–Crippen LogP) is 0.981. The summed E-state index contributed by atoms with van der Waals surface area (Å²) in [5, 5.41) is 0. The van der Waals surface area contributed by atoms with Crippen LogP contribution in [0.5, 0.6) is 0 Å². The lowest BCUT2D eigenvalue weighted by molar-refractivity contribution is -0.156. The Bertz CT molecular complexity index is 614. The first-order valence-corrected chi connectivity index (χ1v) is 7.68. The monoisotopic (exact) mass is 318 g/mol. The molecule has 124 valence electrons. The zero-order valence-corrected chi connectivity index (χ0v) is 13.7. The van der Waals surface area contributed by atoms with Gasteiger partial charge in [0, 0.05) is 26.9 Å². The first kappa shape index (κ1) is 17.0. The number of amides is 2. The van der Waals surface area contributed by atoms with Gasteiger partial charge in [0.05, 0.1) is 13.2 Å². The summed E-state index contributed by atoms with van der Waals surface area (Å²) in [5.41, 5.74) is 2.07. The fourth-order valence-electron chi connectivity index (χ4n) is 2.64. The number of carbonyl (C=O) groups is 3. The summed E-state index contributed by atoms with van der Waals surface area (Å²) < 4.78 is 5.12. The lowest BCUT2D eigenvalue weighted by Gasteiger charge is -2.36. The van der Waals surface area contributed by atoms with Gasteiger partial charge in [0.25, 0.3) is 0 Å². The summed E-state index contributed by atoms with van der Waals surface area (Å²) in [6.07, 6.45) is 0.435. The van der Waals surface area contributed by atoms with Crippen LogP contribution in [0.4, 0.5) is 0 Å². The Labute approximate surface area is 136 Å². The molecule has 0 radical (unpaired) electrons. The molecule has 1 aromatic rings. The van der Waals surface area contributed by atoms with Crippen LogP contribution in [0.15, 0.2) is 24.3 Å². The van der Waals surface area contributed by atoms with Crippen molar-refractivity contribution in [3.05, 3.63) is 35.4 Å². The van der Waals surface area contributed by atoms with E-state index >= 15 is 0 Å². The summed E-state index contributed by atoms with van der Waals surface area (Å²) >= 11 is 0. The number of carbonyl (C=O) groups excluding carboxylic acids is 3. The molecule has 2 rings (SSSR count). The van der Waals surface area contributed by atoms with Crippen LogP contribution >= 0.6 is 0 Å². The standard InChI is InChI=1S/C17H22N2O4/c1-4-23-17(22)15-9-13-7-5-6-8-14(13)10-19(15)16(21)11-18(3)12(2)20/h5-8,15H,4,9-11H2,1-3H3. The topological polar surface area (TPSA) is 66.9 Å². The van der Waals surface area contributed by atoms with Gasteiger partial charge in [0.15, 0.2) is 0 Å². The highest BCUT2D eigenvalue weighted by Gasteiger charge is 2.35. The van der Waals surface area contributed by atoms with E-state index in [1.165, 1.54) is 16.7 Å². The Kier molecular flexibility index (Phi) is 5.36. The van der Waals surface area contributed by atoms with Gasteiger partial charge in [-0.15, -0.1) is 0 Å². The van der Waals surface area contributed by atoms with Gasteiger partial charge in [0.1, 0.15) is 6.04 Å². The number of hydrogen-bond acceptors (Lipinski definition) is 4. The highest BCUT2D eigenvalue weighted by molar-refractivity contribution is 5.88. The molecule has 0 bridgehead atoms. The molecule has 1 aliphatic rings. The van der Waals surface area contributed by atoms with Crippen LogP contribution < -0.4 is 0 Å². The zero-order valence-electron chi connectivity index (χ0n) is 13.7. The Morgan fingerprint density at radius 3 is 2.52 bits per heavy atom. The molecule has 0 aromatic heterocycles. The van der Waals surface area contributed by atoms with Gasteiger partial charge >= 0.3 is 5.97 Å². The fourth-order valence-corrected chi connectivity index (χ4v) is 2.64. The number of ether oxygens (including phenoxy) is 1. The molecule has 1 atom stereocenters. The normalized spacial score (nSPS) is 16.5. The number of likely N-dealkylation sites (N-methyl/N-ethyl adjacent to an activating group) is 1. The summed E-state index contributed by atoms with van der Waals surface area (Å²) in [6, 6.07) is 7.10. The number of benzene rings is 1. The first-order chi connectivity index (χ1) is 10.9. The van der Waals surface area contributed by atoms with Crippen molar-refractivity contribution in [3.63, 3.8) is 0 Å². The molecule has 6 heteroatoms. The van der Waals surface area contributed by atoms with E-state index in [1.54, 1.807) is 14.0 Å². The molecule has 0 N–H and O–H groups in total. The van der Waals surface area contributed by atoms with E-state index in [4.69, 9.17) is 4.74 Å². The predicted molar refractivity (Wildman–Crippen MR) is 84.4 cm³/mol. The summed E-state index contributed by atoms with van der Waals surface area (Å²) in [7, 11) is 1.57. The van der Waals surface area contributed by atoms with Gasteiger partial charge in [0.2, 0.25) is 11.8 Å². The maximum absolute atomic E-state index is 12.6. The second kappa shape index (κ2) is 7.26. The molecule has 2 amide bonds. The minimum Gasteiger partial charge on any atom is -0.464 e. The Balaban J connectivity index is 2.24. The van der Waals surface area contributed by atoms with E-state index in [1.807, 2.05) is 24.3 Å². The quantitative estimate of drug-likeness (QED) is 0.776. The molecular weight excluding hydrogens is 296 g/mol. The van der Waals surface area contributed by atoms with Crippen molar-refractivity contribution in [2.45, 2.75) is 32.9 Å². The third-order valence-corrected chi connectivity index (χ3v) is 4.04. The molecule has 0 saturated heterocycles. The van der Waals surface area contributed by atoms with Crippen molar-refractivity contribution in [1.82, 2.24) is 9.80 Å². The van der Waals surface area contributed by atoms with Gasteiger partial charge in [-0.05, 0) is 18.1 Å². The van der Waals surface area contributed by atoms with Gasteiger partial charge < -0.3 is 14.5 Å². The molecule has 23 heavy (non-hydrogen) atoms. The van der Waals surface area contributed by atoms with Crippen LogP contribution in [0.2, 0.25) is 0 Å². The summed E-state index contributed by atoms with van der Waals surface area (Å²) in [4.78, 5) is 39.0. The van der Waals surface area contributed by atoms with Gasteiger partial charge in [-0.1, -0.05) is 24.3 Å². The van der Waals surface area contributed by atoms with Crippen LogP contribution in [-0.2, 0) is 32.1 Å². The van der Waals surface area contributed by atoms with E-state index in [0.717, 1.165) is 11.1 Å². The van der Waals surface area contributed by atoms with E-state index in [-0.39, 0.29) is 25.0 Å². The average molecular weight is 318 g/mol. The number of fused-ring (bicyclic) bond motifs is 1. The molecule has 0 fully saturated rings. The molecular formula is C17H22N2O4. The van der Waals surface area contributed by atoms with Crippen molar-refractivity contribution in [2.75, 3.05) is 20.2 Å². The lowest BCUT2D eigenvalue weighted by atomic mass is 9.94. The number of esters is 1. The Morgan fingerprint density at radius 2 is 1.91 bits per heavy atom. The van der Waals surface area contributed by atoms with Crippen LogP contribution in [-0.4, -0.2) is 53.8 Å². The average Bonchev–Trinajstić information content (AvgIpc) is 2.53. The Morgan fingerprint density at radius 1 is 1.26 bits per heavy atom. The third kappa shape index (κ3) is 3.88. The molecule has 1 unspecified atom stereocenters. The maximum atomic E-state index is 12.6. The van der Waals surface area contributed by atoms with E-state index in [0.29, 0.717) is 13.0 Å².